The average molecular weight is 406 g/mol. The minimum Gasteiger partial charge on any atom is -0.318 e. The second kappa shape index (κ2) is 7.91. The van der Waals surface area contributed by atoms with Crippen molar-refractivity contribution in [3.05, 3.63) is 71.3 Å². The van der Waals surface area contributed by atoms with Crippen molar-refractivity contribution in [3.63, 3.8) is 0 Å². The Bertz CT molecular complexity index is 977. The summed E-state index contributed by atoms with van der Waals surface area (Å²) in [7, 11) is 1.89. The maximum Gasteiger partial charge on any atom is 0.344 e. The molecule has 0 radical (unpaired) electrons. The van der Waals surface area contributed by atoms with Crippen molar-refractivity contribution in [1.82, 2.24) is 20.7 Å². The van der Waals surface area contributed by atoms with E-state index in [0.29, 0.717) is 12.0 Å². The molecule has 2 aromatic carbocycles. The predicted octanol–water partition coefficient (Wildman–Crippen LogP) is 2.49. The fourth-order valence-corrected chi connectivity index (χ4v) is 4.53. The maximum absolute atomic E-state index is 13.1. The molecule has 156 valence electrons. The third-order valence-corrected chi connectivity index (χ3v) is 6.15. The maximum atomic E-state index is 13.1. The van der Waals surface area contributed by atoms with Gasteiger partial charge in [0.25, 0.3) is 11.8 Å². The lowest BCUT2D eigenvalue weighted by Gasteiger charge is -2.27. The summed E-state index contributed by atoms with van der Waals surface area (Å²) in [4.78, 5) is 40.3. The highest BCUT2D eigenvalue weighted by molar-refractivity contribution is 6.08. The van der Waals surface area contributed by atoms with Gasteiger partial charge >= 0.3 is 6.03 Å². The Labute approximate surface area is 176 Å². The molecule has 1 fully saturated rings. The van der Waals surface area contributed by atoms with Gasteiger partial charge < -0.3 is 5.32 Å². The molecule has 4 amide bonds. The van der Waals surface area contributed by atoms with Crippen LogP contribution in [0.15, 0.2) is 54.6 Å². The van der Waals surface area contributed by atoms with Crippen LogP contribution in [-0.4, -0.2) is 41.3 Å². The number of nitrogens with zero attached hydrogens (tertiary/aromatic N) is 2. The third kappa shape index (κ3) is 3.35. The van der Waals surface area contributed by atoms with Crippen LogP contribution in [0.4, 0.5) is 4.79 Å². The molecule has 1 heterocycles. The SMILES string of the molecule is CCC1(c2ccccc2)NC(=O)N(NC(=O)CN(C)C2CCc3ccccc32)C1=O. The summed E-state index contributed by atoms with van der Waals surface area (Å²) in [6.07, 6.45) is 2.31. The van der Waals surface area contributed by atoms with E-state index < -0.39 is 23.4 Å². The topological polar surface area (TPSA) is 81.8 Å². The summed E-state index contributed by atoms with van der Waals surface area (Å²) >= 11 is 0. The number of hydrogen-bond donors (Lipinski definition) is 2. The van der Waals surface area contributed by atoms with Gasteiger partial charge in [-0.25, -0.2) is 4.79 Å². The number of likely N-dealkylation sites (N-methyl/N-ethyl adjacent to an activating group) is 1. The molecule has 2 aliphatic rings. The van der Waals surface area contributed by atoms with Gasteiger partial charge in [0.15, 0.2) is 0 Å². The summed E-state index contributed by atoms with van der Waals surface area (Å²) in [6, 6.07) is 16.9. The Morgan fingerprint density at radius 1 is 1.17 bits per heavy atom. The normalized spacial score (nSPS) is 22.9. The quantitative estimate of drug-likeness (QED) is 0.723. The van der Waals surface area contributed by atoms with Crippen molar-refractivity contribution in [2.75, 3.05) is 13.6 Å². The van der Waals surface area contributed by atoms with E-state index in [9.17, 15) is 14.4 Å². The standard InChI is InChI=1S/C23H26N4O3/c1-3-23(17-10-5-4-6-11-17)21(29)27(22(30)24-23)25-20(28)15-26(2)19-14-13-16-9-7-8-12-18(16)19/h4-12,19H,3,13-15H2,1-2H3,(H,24,30)(H,25,28). The lowest BCUT2D eigenvalue weighted by Crippen LogP contribution is -2.51. The number of imide groups is 1. The van der Waals surface area contributed by atoms with E-state index in [1.165, 1.54) is 11.1 Å². The first-order chi connectivity index (χ1) is 14.5. The van der Waals surface area contributed by atoms with Crippen LogP contribution in [0, 0.1) is 0 Å². The van der Waals surface area contributed by atoms with E-state index in [0.717, 1.165) is 17.9 Å². The van der Waals surface area contributed by atoms with Crippen molar-refractivity contribution in [3.8, 4) is 0 Å². The fourth-order valence-electron chi connectivity index (χ4n) is 4.53. The first kappa shape index (κ1) is 20.1. The molecular formula is C23H26N4O3. The molecule has 30 heavy (non-hydrogen) atoms. The Morgan fingerprint density at radius 2 is 1.87 bits per heavy atom. The van der Waals surface area contributed by atoms with Crippen LogP contribution in [0.3, 0.4) is 0 Å². The molecule has 0 spiro atoms. The smallest absolute Gasteiger partial charge is 0.318 e. The molecule has 1 aliphatic carbocycles. The van der Waals surface area contributed by atoms with Gasteiger partial charge in [0.2, 0.25) is 0 Å². The summed E-state index contributed by atoms with van der Waals surface area (Å²) in [5, 5.41) is 3.58. The van der Waals surface area contributed by atoms with Gasteiger partial charge in [-0.3, -0.25) is 19.9 Å². The molecule has 2 unspecified atom stereocenters. The monoisotopic (exact) mass is 406 g/mol. The molecule has 1 aliphatic heterocycles. The second-order valence-electron chi connectivity index (χ2n) is 7.90. The molecule has 2 N–H and O–H groups in total. The minimum absolute atomic E-state index is 0.0839. The summed E-state index contributed by atoms with van der Waals surface area (Å²) in [5.74, 6) is -0.867. The first-order valence-electron chi connectivity index (χ1n) is 10.3. The van der Waals surface area contributed by atoms with Crippen molar-refractivity contribution in [2.45, 2.75) is 37.8 Å². The number of carbonyl (C=O) groups excluding carboxylic acids is 3. The van der Waals surface area contributed by atoms with Gasteiger partial charge in [-0.1, -0.05) is 61.5 Å². The Kier molecular flexibility index (Phi) is 5.30. The van der Waals surface area contributed by atoms with Gasteiger partial charge in [0.05, 0.1) is 6.54 Å². The highest BCUT2D eigenvalue weighted by Gasteiger charge is 2.52. The molecule has 0 bridgehead atoms. The molecule has 2 atom stereocenters. The number of hydrogen-bond acceptors (Lipinski definition) is 4. The summed E-state index contributed by atoms with van der Waals surface area (Å²) in [5.41, 5.74) is 4.58. The fraction of sp³-hybridized carbons (Fsp3) is 0.348. The molecule has 4 rings (SSSR count). The predicted molar refractivity (Wildman–Crippen MR) is 112 cm³/mol. The van der Waals surface area contributed by atoms with Gasteiger partial charge in [-0.15, -0.1) is 0 Å². The zero-order valence-corrected chi connectivity index (χ0v) is 17.2. The lowest BCUT2D eigenvalue weighted by molar-refractivity contribution is -0.140. The number of urea groups is 1. The van der Waals surface area contributed by atoms with E-state index in [1.54, 1.807) is 12.1 Å². The van der Waals surface area contributed by atoms with Gasteiger partial charge in [0, 0.05) is 6.04 Å². The Hall–Kier alpha value is -3.19. The largest absolute Gasteiger partial charge is 0.344 e. The van der Waals surface area contributed by atoms with E-state index >= 15 is 0 Å². The van der Waals surface area contributed by atoms with Crippen LogP contribution in [0.5, 0.6) is 0 Å². The first-order valence-corrected chi connectivity index (χ1v) is 10.3. The van der Waals surface area contributed by atoms with E-state index in [-0.39, 0.29) is 12.6 Å². The molecule has 0 saturated carbocycles. The van der Waals surface area contributed by atoms with Crippen molar-refractivity contribution in [1.29, 1.82) is 0 Å². The number of rotatable bonds is 6. The highest BCUT2D eigenvalue weighted by atomic mass is 16.2. The average Bonchev–Trinajstić information content (AvgIpc) is 3.29. The van der Waals surface area contributed by atoms with Crippen molar-refractivity contribution in [2.24, 2.45) is 0 Å². The zero-order valence-electron chi connectivity index (χ0n) is 17.2. The van der Waals surface area contributed by atoms with Crippen molar-refractivity contribution < 1.29 is 14.4 Å². The van der Waals surface area contributed by atoms with Gasteiger partial charge in [-0.05, 0) is 43.0 Å². The number of carbonyl (C=O) groups is 3. The molecule has 7 heteroatoms. The Balaban J connectivity index is 1.45. The molecule has 0 aromatic heterocycles. The van der Waals surface area contributed by atoms with Crippen LogP contribution >= 0.6 is 0 Å². The van der Waals surface area contributed by atoms with Crippen LogP contribution in [0.2, 0.25) is 0 Å². The second-order valence-corrected chi connectivity index (χ2v) is 7.90. The number of hydrazine groups is 1. The molecular weight excluding hydrogens is 380 g/mol. The van der Waals surface area contributed by atoms with Crippen molar-refractivity contribution >= 4 is 17.8 Å². The van der Waals surface area contributed by atoms with E-state index in [1.807, 2.05) is 49.2 Å². The van der Waals surface area contributed by atoms with Crippen LogP contribution in [0.1, 0.15) is 42.5 Å². The molecule has 1 saturated heterocycles. The van der Waals surface area contributed by atoms with Gasteiger partial charge in [-0.2, -0.15) is 5.01 Å². The number of fused-ring (bicyclic) bond motifs is 1. The van der Waals surface area contributed by atoms with E-state index in [2.05, 4.69) is 22.9 Å². The third-order valence-electron chi connectivity index (χ3n) is 6.15. The number of nitrogens with one attached hydrogen (secondary N) is 2. The zero-order chi connectivity index (χ0) is 21.3. The number of amides is 4. The minimum atomic E-state index is -1.16. The summed E-state index contributed by atoms with van der Waals surface area (Å²) in [6.45, 7) is 1.92. The molecule has 7 nitrogen and oxygen atoms in total. The highest BCUT2D eigenvalue weighted by Crippen LogP contribution is 2.35. The number of benzene rings is 2. The van der Waals surface area contributed by atoms with E-state index in [4.69, 9.17) is 0 Å². The van der Waals surface area contributed by atoms with Crippen LogP contribution in [0.25, 0.3) is 0 Å². The lowest BCUT2D eigenvalue weighted by atomic mass is 9.87. The van der Waals surface area contributed by atoms with Crippen LogP contribution in [-0.2, 0) is 21.5 Å². The number of aryl methyl sites for hydroxylation is 1. The van der Waals surface area contributed by atoms with Crippen LogP contribution < -0.4 is 10.7 Å². The summed E-state index contributed by atoms with van der Waals surface area (Å²) < 4.78 is 0. The molecule has 2 aromatic rings. The van der Waals surface area contributed by atoms with Gasteiger partial charge in [0.1, 0.15) is 5.54 Å². The Morgan fingerprint density at radius 3 is 2.60 bits per heavy atom.